The lowest BCUT2D eigenvalue weighted by Gasteiger charge is -2.01. The summed E-state index contributed by atoms with van der Waals surface area (Å²) in [4.78, 5) is 9.99. The molecule has 12 heavy (non-hydrogen) atoms. The van der Waals surface area contributed by atoms with Gasteiger partial charge in [0.05, 0.1) is 0 Å². The summed E-state index contributed by atoms with van der Waals surface area (Å²) in [5.41, 5.74) is 0.974. The van der Waals surface area contributed by atoms with Crippen molar-refractivity contribution in [3.8, 4) is 0 Å². The van der Waals surface area contributed by atoms with E-state index in [0.29, 0.717) is 18.0 Å². The molecule has 0 fully saturated rings. The summed E-state index contributed by atoms with van der Waals surface area (Å²) in [6.07, 6.45) is 0.662. The molecule has 1 rings (SSSR count). The van der Waals surface area contributed by atoms with E-state index in [-0.39, 0.29) is 0 Å². The molecule has 4 heteroatoms. The summed E-state index contributed by atoms with van der Waals surface area (Å²) in [6.45, 7) is 0.503. The van der Waals surface area contributed by atoms with Crippen molar-refractivity contribution in [1.29, 1.82) is 0 Å². The van der Waals surface area contributed by atoms with Gasteiger partial charge in [-0.05, 0) is 23.8 Å². The molecule has 64 valence electrons. The van der Waals surface area contributed by atoms with Gasteiger partial charge in [-0.1, -0.05) is 27.5 Å². The molecule has 0 heterocycles. The molecule has 1 N–H and O–H groups in total. The third-order valence-corrected chi connectivity index (χ3v) is 1.99. The van der Waals surface area contributed by atoms with Crippen LogP contribution < -0.4 is 5.32 Å². The van der Waals surface area contributed by atoms with E-state index in [0.717, 1.165) is 10.0 Å². The minimum absolute atomic E-state index is 0.503. The van der Waals surface area contributed by atoms with Crippen molar-refractivity contribution in [1.82, 2.24) is 5.32 Å². The molecule has 1 aromatic rings. The molecule has 0 unspecified atom stereocenters. The molecule has 0 bridgehead atoms. The topological polar surface area (TPSA) is 29.1 Å². The number of halogens is 2. The highest BCUT2D eigenvalue weighted by molar-refractivity contribution is 9.10. The van der Waals surface area contributed by atoms with Gasteiger partial charge in [-0.2, -0.15) is 0 Å². The summed E-state index contributed by atoms with van der Waals surface area (Å²) in [6, 6.07) is 5.51. The lowest BCUT2D eigenvalue weighted by Crippen LogP contribution is -2.09. The average molecular weight is 249 g/mol. The Morgan fingerprint density at radius 3 is 2.83 bits per heavy atom. The van der Waals surface area contributed by atoms with Crippen LogP contribution in [0.2, 0.25) is 5.02 Å². The van der Waals surface area contributed by atoms with E-state index in [1.165, 1.54) is 0 Å². The predicted molar refractivity (Wildman–Crippen MR) is 52.1 cm³/mol. The third kappa shape index (κ3) is 2.83. The van der Waals surface area contributed by atoms with Crippen molar-refractivity contribution in [2.75, 3.05) is 0 Å². The first-order valence-corrected chi connectivity index (χ1v) is 4.51. The molecule has 0 atom stereocenters. The number of carbonyl (C=O) groups excluding carboxylic acids is 1. The highest BCUT2D eigenvalue weighted by Crippen LogP contribution is 2.19. The summed E-state index contributed by atoms with van der Waals surface area (Å²) in [7, 11) is 0. The van der Waals surface area contributed by atoms with E-state index < -0.39 is 0 Å². The summed E-state index contributed by atoms with van der Waals surface area (Å²) in [5, 5.41) is 3.22. The Balaban J connectivity index is 2.78. The summed E-state index contributed by atoms with van der Waals surface area (Å²) in [5.74, 6) is 0. The highest BCUT2D eigenvalue weighted by atomic mass is 79.9. The zero-order valence-electron chi connectivity index (χ0n) is 6.18. The average Bonchev–Trinajstić information content (AvgIpc) is 1.99. The van der Waals surface area contributed by atoms with Gasteiger partial charge in [0.2, 0.25) is 6.41 Å². The second-order valence-corrected chi connectivity index (χ2v) is 3.63. The van der Waals surface area contributed by atoms with Crippen molar-refractivity contribution >= 4 is 33.9 Å². The molecule has 1 aromatic carbocycles. The van der Waals surface area contributed by atoms with Gasteiger partial charge in [0.25, 0.3) is 0 Å². The number of hydrogen-bond donors (Lipinski definition) is 1. The van der Waals surface area contributed by atoms with Crippen LogP contribution in [0.5, 0.6) is 0 Å². The number of carbonyl (C=O) groups is 1. The van der Waals surface area contributed by atoms with E-state index >= 15 is 0 Å². The smallest absolute Gasteiger partial charge is 0.207 e. The van der Waals surface area contributed by atoms with Crippen LogP contribution in [-0.4, -0.2) is 6.41 Å². The van der Waals surface area contributed by atoms with E-state index in [2.05, 4.69) is 21.2 Å². The Morgan fingerprint density at radius 2 is 2.25 bits per heavy atom. The standard InChI is InChI=1S/C8H7BrClNO/c9-7-1-6(4-11-5-12)2-8(10)3-7/h1-3,5H,4H2,(H,11,12). The summed E-state index contributed by atoms with van der Waals surface area (Å²) < 4.78 is 0.915. The van der Waals surface area contributed by atoms with E-state index in [1.807, 2.05) is 12.1 Å². The maximum absolute atomic E-state index is 9.99. The molecule has 2 nitrogen and oxygen atoms in total. The SMILES string of the molecule is O=CNCc1cc(Cl)cc(Br)c1. The summed E-state index contributed by atoms with van der Waals surface area (Å²) >= 11 is 9.09. The van der Waals surface area contributed by atoms with E-state index in [4.69, 9.17) is 11.6 Å². The minimum atomic E-state index is 0.503. The molecule has 0 aromatic heterocycles. The van der Waals surface area contributed by atoms with Crippen LogP contribution in [0.25, 0.3) is 0 Å². The first-order valence-electron chi connectivity index (χ1n) is 3.34. The van der Waals surface area contributed by atoms with E-state index in [9.17, 15) is 4.79 Å². The fourth-order valence-electron chi connectivity index (χ4n) is 0.873. The Morgan fingerprint density at radius 1 is 1.50 bits per heavy atom. The molecule has 0 saturated heterocycles. The molecule has 0 saturated carbocycles. The van der Waals surface area contributed by atoms with Crippen LogP contribution in [0.1, 0.15) is 5.56 Å². The molecule has 0 spiro atoms. The van der Waals surface area contributed by atoms with Crippen LogP contribution in [0.15, 0.2) is 22.7 Å². The fourth-order valence-corrected chi connectivity index (χ4v) is 1.80. The zero-order chi connectivity index (χ0) is 8.97. The first kappa shape index (κ1) is 9.55. The monoisotopic (exact) mass is 247 g/mol. The first-order chi connectivity index (χ1) is 5.72. The molecular weight excluding hydrogens is 241 g/mol. The van der Waals surface area contributed by atoms with Crippen molar-refractivity contribution in [3.63, 3.8) is 0 Å². The van der Waals surface area contributed by atoms with Gasteiger partial charge >= 0.3 is 0 Å². The highest BCUT2D eigenvalue weighted by Gasteiger charge is 1.96. The molecule has 0 aliphatic heterocycles. The Hall–Kier alpha value is -0.540. The Bertz CT molecular complexity index is 270. The van der Waals surface area contributed by atoms with Crippen LogP contribution in [0.4, 0.5) is 0 Å². The van der Waals surface area contributed by atoms with Crippen LogP contribution >= 0.6 is 27.5 Å². The van der Waals surface area contributed by atoms with Gasteiger partial charge in [-0.3, -0.25) is 4.79 Å². The van der Waals surface area contributed by atoms with Crippen molar-refractivity contribution < 1.29 is 4.79 Å². The molecule has 0 aliphatic rings. The van der Waals surface area contributed by atoms with Crippen molar-refractivity contribution in [3.05, 3.63) is 33.3 Å². The second kappa shape index (κ2) is 4.48. The van der Waals surface area contributed by atoms with Gasteiger partial charge in [-0.15, -0.1) is 0 Å². The second-order valence-electron chi connectivity index (χ2n) is 2.28. The van der Waals surface area contributed by atoms with Crippen molar-refractivity contribution in [2.24, 2.45) is 0 Å². The van der Waals surface area contributed by atoms with Gasteiger partial charge in [0, 0.05) is 16.0 Å². The fraction of sp³-hybridized carbons (Fsp3) is 0.125. The van der Waals surface area contributed by atoms with E-state index in [1.54, 1.807) is 6.07 Å². The quantitative estimate of drug-likeness (QED) is 0.818. The number of amides is 1. The predicted octanol–water partition coefficient (Wildman–Crippen LogP) is 2.35. The maximum atomic E-state index is 9.99. The van der Waals surface area contributed by atoms with Gasteiger partial charge in [-0.25, -0.2) is 0 Å². The number of nitrogens with one attached hydrogen (secondary N) is 1. The number of rotatable bonds is 3. The normalized spacial score (nSPS) is 9.50. The molecule has 0 radical (unpaired) electrons. The molecule has 0 aliphatic carbocycles. The lowest BCUT2D eigenvalue weighted by molar-refractivity contribution is -0.109. The van der Waals surface area contributed by atoms with Gasteiger partial charge in [0.1, 0.15) is 0 Å². The molecule has 1 amide bonds. The van der Waals surface area contributed by atoms with Crippen LogP contribution in [-0.2, 0) is 11.3 Å². The zero-order valence-corrected chi connectivity index (χ0v) is 8.52. The number of benzene rings is 1. The lowest BCUT2D eigenvalue weighted by atomic mass is 10.2. The third-order valence-electron chi connectivity index (χ3n) is 1.31. The number of hydrogen-bond acceptors (Lipinski definition) is 1. The molecular formula is C8H7BrClNO. The Labute approximate surface area is 84.0 Å². The van der Waals surface area contributed by atoms with Crippen molar-refractivity contribution in [2.45, 2.75) is 6.54 Å². The van der Waals surface area contributed by atoms with Crippen LogP contribution in [0.3, 0.4) is 0 Å². The maximum Gasteiger partial charge on any atom is 0.207 e. The largest absolute Gasteiger partial charge is 0.355 e. The Kier molecular flexibility index (Phi) is 3.56. The van der Waals surface area contributed by atoms with Gasteiger partial charge in [0.15, 0.2) is 0 Å². The minimum Gasteiger partial charge on any atom is -0.355 e. The van der Waals surface area contributed by atoms with Gasteiger partial charge < -0.3 is 5.32 Å². The van der Waals surface area contributed by atoms with Crippen LogP contribution in [0, 0.1) is 0 Å².